The highest BCUT2D eigenvalue weighted by atomic mass is 14.2. The monoisotopic (exact) mass is 171 g/mol. The Morgan fingerprint density at radius 3 is 2.31 bits per heavy atom. The molecule has 0 saturated heterocycles. The third kappa shape index (κ3) is 2.76. The molecule has 1 aromatic rings. The molecule has 1 aromatic carbocycles. The van der Waals surface area contributed by atoms with Gasteiger partial charge in [-0.05, 0) is 23.1 Å². The summed E-state index contributed by atoms with van der Waals surface area (Å²) in [5.41, 5.74) is 2.40. The first-order valence-electron chi connectivity index (χ1n) is 4.40. The smallest absolute Gasteiger partial charge is 0.0912 e. The summed E-state index contributed by atoms with van der Waals surface area (Å²) in [5, 5.41) is 8.33. The standard InChI is InChI=1S/C12H13N/c1-10(2)12-7-5-11(6-8-12)4-3-9-13/h3-8,10H,1-2H3. The predicted molar refractivity (Wildman–Crippen MR) is 55.2 cm³/mol. The van der Waals surface area contributed by atoms with Crippen LogP contribution in [0.3, 0.4) is 0 Å². The van der Waals surface area contributed by atoms with E-state index in [0.717, 1.165) is 5.56 Å². The summed E-state index contributed by atoms with van der Waals surface area (Å²) in [5.74, 6) is 0.564. The molecule has 1 nitrogen and oxygen atoms in total. The van der Waals surface area contributed by atoms with Crippen LogP contribution in [-0.4, -0.2) is 0 Å². The van der Waals surface area contributed by atoms with Gasteiger partial charge in [0.2, 0.25) is 0 Å². The Bertz CT molecular complexity index is 325. The number of rotatable bonds is 2. The molecular formula is C12H13N. The molecule has 0 unspecified atom stereocenters. The molecule has 0 atom stereocenters. The minimum atomic E-state index is 0.564. The lowest BCUT2D eigenvalue weighted by atomic mass is 10.0. The van der Waals surface area contributed by atoms with Gasteiger partial charge in [0.25, 0.3) is 0 Å². The van der Waals surface area contributed by atoms with E-state index in [9.17, 15) is 0 Å². The average molecular weight is 171 g/mol. The van der Waals surface area contributed by atoms with Crippen molar-refractivity contribution >= 4 is 6.08 Å². The second kappa shape index (κ2) is 4.47. The van der Waals surface area contributed by atoms with E-state index in [1.165, 1.54) is 11.6 Å². The van der Waals surface area contributed by atoms with E-state index in [4.69, 9.17) is 5.26 Å². The van der Waals surface area contributed by atoms with Crippen molar-refractivity contribution in [2.75, 3.05) is 0 Å². The molecule has 0 aromatic heterocycles. The molecule has 0 heterocycles. The predicted octanol–water partition coefficient (Wildman–Crippen LogP) is 3.35. The lowest BCUT2D eigenvalue weighted by molar-refractivity contribution is 0.866. The van der Waals surface area contributed by atoms with Gasteiger partial charge >= 0.3 is 0 Å². The summed E-state index contributed by atoms with van der Waals surface area (Å²) >= 11 is 0. The quantitative estimate of drug-likeness (QED) is 0.626. The Hall–Kier alpha value is -1.55. The first kappa shape index (κ1) is 9.54. The molecule has 0 amide bonds. The van der Waals surface area contributed by atoms with Crippen LogP contribution in [-0.2, 0) is 0 Å². The number of benzene rings is 1. The Morgan fingerprint density at radius 1 is 1.23 bits per heavy atom. The van der Waals surface area contributed by atoms with Crippen LogP contribution in [0.25, 0.3) is 6.08 Å². The van der Waals surface area contributed by atoms with Crippen LogP contribution in [0.15, 0.2) is 30.3 Å². The van der Waals surface area contributed by atoms with Gasteiger partial charge in [0, 0.05) is 6.08 Å². The van der Waals surface area contributed by atoms with Gasteiger partial charge in [-0.15, -0.1) is 0 Å². The Morgan fingerprint density at radius 2 is 1.85 bits per heavy atom. The van der Waals surface area contributed by atoms with Crippen molar-refractivity contribution in [2.45, 2.75) is 19.8 Å². The lowest BCUT2D eigenvalue weighted by Crippen LogP contribution is -1.85. The largest absolute Gasteiger partial charge is 0.193 e. The van der Waals surface area contributed by atoms with Crippen molar-refractivity contribution in [3.63, 3.8) is 0 Å². The third-order valence-corrected chi connectivity index (χ3v) is 1.95. The van der Waals surface area contributed by atoms with E-state index in [-0.39, 0.29) is 0 Å². The molecule has 0 N–H and O–H groups in total. The van der Waals surface area contributed by atoms with Crippen molar-refractivity contribution in [1.29, 1.82) is 5.26 Å². The summed E-state index contributed by atoms with van der Waals surface area (Å²) in [4.78, 5) is 0. The zero-order valence-electron chi connectivity index (χ0n) is 7.99. The fraction of sp³-hybridized carbons (Fsp3) is 0.250. The maximum absolute atomic E-state index is 8.33. The first-order valence-corrected chi connectivity index (χ1v) is 4.40. The van der Waals surface area contributed by atoms with Gasteiger partial charge in [-0.3, -0.25) is 0 Å². The van der Waals surface area contributed by atoms with Crippen molar-refractivity contribution in [2.24, 2.45) is 0 Å². The zero-order valence-corrected chi connectivity index (χ0v) is 7.99. The molecule has 13 heavy (non-hydrogen) atoms. The molecule has 66 valence electrons. The van der Waals surface area contributed by atoms with E-state index >= 15 is 0 Å². The molecule has 1 rings (SSSR count). The lowest BCUT2D eigenvalue weighted by Gasteiger charge is -2.04. The van der Waals surface area contributed by atoms with Crippen LogP contribution in [0, 0.1) is 11.3 Å². The topological polar surface area (TPSA) is 23.8 Å². The maximum atomic E-state index is 8.33. The molecule has 0 radical (unpaired) electrons. The highest BCUT2D eigenvalue weighted by Gasteiger charge is 1.96. The van der Waals surface area contributed by atoms with Crippen molar-refractivity contribution < 1.29 is 0 Å². The average Bonchev–Trinajstić information content (AvgIpc) is 2.15. The zero-order chi connectivity index (χ0) is 9.68. The number of hydrogen-bond donors (Lipinski definition) is 0. The molecule has 0 bridgehead atoms. The molecule has 0 saturated carbocycles. The van der Waals surface area contributed by atoms with Gasteiger partial charge < -0.3 is 0 Å². The number of nitrogens with zero attached hydrogens (tertiary/aromatic N) is 1. The summed E-state index contributed by atoms with van der Waals surface area (Å²) in [6, 6.07) is 10.2. The van der Waals surface area contributed by atoms with Crippen LogP contribution >= 0.6 is 0 Å². The van der Waals surface area contributed by atoms with E-state index in [2.05, 4.69) is 26.0 Å². The van der Waals surface area contributed by atoms with Crippen LogP contribution in [0.1, 0.15) is 30.9 Å². The summed E-state index contributed by atoms with van der Waals surface area (Å²) in [6.45, 7) is 4.33. The summed E-state index contributed by atoms with van der Waals surface area (Å²) in [7, 11) is 0. The van der Waals surface area contributed by atoms with E-state index in [1.807, 2.05) is 24.3 Å². The Balaban J connectivity index is 2.83. The van der Waals surface area contributed by atoms with Crippen LogP contribution < -0.4 is 0 Å². The molecule has 0 aliphatic heterocycles. The molecule has 0 fully saturated rings. The van der Waals surface area contributed by atoms with E-state index < -0.39 is 0 Å². The highest BCUT2D eigenvalue weighted by molar-refractivity contribution is 5.52. The molecule has 0 spiro atoms. The fourth-order valence-corrected chi connectivity index (χ4v) is 1.13. The van der Waals surface area contributed by atoms with Gasteiger partial charge in [0.1, 0.15) is 0 Å². The number of allylic oxidation sites excluding steroid dienone is 1. The van der Waals surface area contributed by atoms with Gasteiger partial charge in [-0.2, -0.15) is 5.26 Å². The summed E-state index contributed by atoms with van der Waals surface area (Å²) in [6.07, 6.45) is 3.30. The first-order chi connectivity index (χ1) is 6.24. The van der Waals surface area contributed by atoms with Gasteiger partial charge in [-0.1, -0.05) is 38.1 Å². The number of hydrogen-bond acceptors (Lipinski definition) is 1. The minimum absolute atomic E-state index is 0.564. The van der Waals surface area contributed by atoms with Gasteiger partial charge in [0.05, 0.1) is 6.07 Å². The Kier molecular flexibility index (Phi) is 3.28. The fourth-order valence-electron chi connectivity index (χ4n) is 1.13. The molecule has 1 heteroatoms. The molecule has 0 aliphatic rings. The van der Waals surface area contributed by atoms with Gasteiger partial charge in [0.15, 0.2) is 0 Å². The van der Waals surface area contributed by atoms with Crippen LogP contribution in [0.4, 0.5) is 0 Å². The second-order valence-electron chi connectivity index (χ2n) is 3.28. The second-order valence-corrected chi connectivity index (χ2v) is 3.28. The van der Waals surface area contributed by atoms with Crippen molar-refractivity contribution in [3.8, 4) is 6.07 Å². The summed E-state index contributed by atoms with van der Waals surface area (Å²) < 4.78 is 0. The molecule has 0 aliphatic carbocycles. The molecular weight excluding hydrogens is 158 g/mol. The van der Waals surface area contributed by atoms with Crippen molar-refractivity contribution in [3.05, 3.63) is 41.5 Å². The van der Waals surface area contributed by atoms with E-state index in [0.29, 0.717) is 5.92 Å². The van der Waals surface area contributed by atoms with Crippen LogP contribution in [0.5, 0.6) is 0 Å². The number of nitriles is 1. The van der Waals surface area contributed by atoms with Gasteiger partial charge in [-0.25, -0.2) is 0 Å². The Labute approximate surface area is 79.3 Å². The van der Waals surface area contributed by atoms with Crippen LogP contribution in [0.2, 0.25) is 0 Å². The normalized spacial score (nSPS) is 10.6. The third-order valence-electron chi connectivity index (χ3n) is 1.95. The van der Waals surface area contributed by atoms with Crippen molar-refractivity contribution in [1.82, 2.24) is 0 Å². The highest BCUT2D eigenvalue weighted by Crippen LogP contribution is 2.15. The maximum Gasteiger partial charge on any atom is 0.0912 e. The minimum Gasteiger partial charge on any atom is -0.193 e. The SMILES string of the molecule is CC(C)c1ccc(C=CC#N)cc1. The van der Waals surface area contributed by atoms with E-state index in [1.54, 1.807) is 0 Å².